The molecular weight excluding hydrogens is 160 g/mol. The number of aliphatic hydroxyl groups is 1. The van der Waals surface area contributed by atoms with E-state index in [0.717, 1.165) is 5.56 Å². The van der Waals surface area contributed by atoms with Crippen LogP contribution in [0.3, 0.4) is 0 Å². The van der Waals surface area contributed by atoms with Crippen LogP contribution in [0.5, 0.6) is 0 Å². The Morgan fingerprint density at radius 1 is 1.46 bits per heavy atom. The molecule has 1 heteroatoms. The summed E-state index contributed by atoms with van der Waals surface area (Å²) in [6, 6.07) is 7.93. The molecule has 0 aliphatic heterocycles. The average Bonchev–Trinajstić information content (AvgIpc) is 2.15. The molecule has 0 unspecified atom stereocenters. The zero-order valence-corrected chi connectivity index (χ0v) is 8.20. The number of benzene rings is 1. The van der Waals surface area contributed by atoms with Crippen LogP contribution in [0.15, 0.2) is 36.9 Å². The first-order valence-electron chi connectivity index (χ1n) is 4.52. The highest BCUT2D eigenvalue weighted by Crippen LogP contribution is 2.22. The molecule has 0 bridgehead atoms. The van der Waals surface area contributed by atoms with E-state index in [1.54, 1.807) is 6.08 Å². The first-order chi connectivity index (χ1) is 6.15. The molecule has 0 radical (unpaired) electrons. The molecular formula is C12H16O. The molecule has 1 rings (SSSR count). The maximum Gasteiger partial charge on any atom is 0.0849 e. The van der Waals surface area contributed by atoms with Crippen LogP contribution in [0.25, 0.3) is 0 Å². The molecule has 0 saturated heterocycles. The van der Waals surface area contributed by atoms with Crippen molar-refractivity contribution in [2.45, 2.75) is 20.0 Å². The number of aliphatic hydroxyl groups excluding tert-OH is 1. The molecule has 0 aliphatic carbocycles. The maximum atomic E-state index is 9.84. The van der Waals surface area contributed by atoms with Crippen molar-refractivity contribution in [1.29, 1.82) is 0 Å². The van der Waals surface area contributed by atoms with E-state index in [1.807, 2.05) is 38.1 Å². The summed E-state index contributed by atoms with van der Waals surface area (Å²) < 4.78 is 0. The van der Waals surface area contributed by atoms with Crippen molar-refractivity contribution in [2.75, 3.05) is 0 Å². The van der Waals surface area contributed by atoms with Gasteiger partial charge in [0.15, 0.2) is 0 Å². The summed E-state index contributed by atoms with van der Waals surface area (Å²) >= 11 is 0. The SMILES string of the molecule is C=C[C@H](C)[C@H](O)c1cccc(C)c1. The van der Waals surface area contributed by atoms with Gasteiger partial charge < -0.3 is 5.11 Å². The minimum atomic E-state index is -0.433. The van der Waals surface area contributed by atoms with Gasteiger partial charge in [0.2, 0.25) is 0 Å². The Hall–Kier alpha value is -1.08. The molecule has 0 spiro atoms. The fraction of sp³-hybridized carbons (Fsp3) is 0.333. The Morgan fingerprint density at radius 2 is 2.15 bits per heavy atom. The molecule has 0 fully saturated rings. The number of hydrogen-bond donors (Lipinski definition) is 1. The molecule has 70 valence electrons. The third kappa shape index (κ3) is 2.43. The number of hydrogen-bond acceptors (Lipinski definition) is 1. The lowest BCUT2D eigenvalue weighted by molar-refractivity contribution is 0.140. The Balaban J connectivity index is 2.88. The first-order valence-corrected chi connectivity index (χ1v) is 4.52. The highest BCUT2D eigenvalue weighted by atomic mass is 16.3. The predicted octanol–water partition coefficient (Wildman–Crippen LogP) is 2.85. The Morgan fingerprint density at radius 3 is 2.69 bits per heavy atom. The molecule has 0 amide bonds. The van der Waals surface area contributed by atoms with Gasteiger partial charge in [-0.3, -0.25) is 0 Å². The van der Waals surface area contributed by atoms with E-state index in [4.69, 9.17) is 0 Å². The van der Waals surface area contributed by atoms with Crippen molar-refractivity contribution in [1.82, 2.24) is 0 Å². The lowest BCUT2D eigenvalue weighted by Crippen LogP contribution is -2.06. The van der Waals surface area contributed by atoms with Gasteiger partial charge in [0.25, 0.3) is 0 Å². The van der Waals surface area contributed by atoms with Gasteiger partial charge in [-0.25, -0.2) is 0 Å². The van der Waals surface area contributed by atoms with Crippen LogP contribution in [0, 0.1) is 12.8 Å². The molecule has 1 aromatic rings. The quantitative estimate of drug-likeness (QED) is 0.702. The van der Waals surface area contributed by atoms with Crippen LogP contribution in [-0.4, -0.2) is 5.11 Å². The largest absolute Gasteiger partial charge is 0.388 e. The molecule has 0 aromatic heterocycles. The zero-order valence-electron chi connectivity index (χ0n) is 8.20. The van der Waals surface area contributed by atoms with E-state index < -0.39 is 6.10 Å². The third-order valence-corrected chi connectivity index (χ3v) is 2.25. The zero-order chi connectivity index (χ0) is 9.84. The molecule has 2 atom stereocenters. The fourth-order valence-electron chi connectivity index (χ4n) is 1.29. The summed E-state index contributed by atoms with van der Waals surface area (Å²) in [6.45, 7) is 7.65. The Kier molecular flexibility index (Phi) is 3.26. The summed E-state index contributed by atoms with van der Waals surface area (Å²) in [7, 11) is 0. The van der Waals surface area contributed by atoms with Gasteiger partial charge in [-0.2, -0.15) is 0 Å². The van der Waals surface area contributed by atoms with Crippen LogP contribution in [0.4, 0.5) is 0 Å². The van der Waals surface area contributed by atoms with Crippen LogP contribution in [-0.2, 0) is 0 Å². The third-order valence-electron chi connectivity index (χ3n) is 2.25. The summed E-state index contributed by atoms with van der Waals surface area (Å²) in [5.41, 5.74) is 2.14. The Labute approximate surface area is 79.7 Å². The molecule has 1 aromatic carbocycles. The highest BCUT2D eigenvalue weighted by Gasteiger charge is 2.12. The standard InChI is InChI=1S/C12H16O/c1-4-10(3)12(13)11-7-5-6-9(2)8-11/h4-8,10,12-13H,1H2,2-3H3/t10-,12-/m0/s1. The summed E-state index contributed by atoms with van der Waals surface area (Å²) in [5, 5.41) is 9.84. The summed E-state index contributed by atoms with van der Waals surface area (Å²) in [5.74, 6) is 0.0989. The smallest absolute Gasteiger partial charge is 0.0849 e. The molecule has 0 aliphatic rings. The molecule has 13 heavy (non-hydrogen) atoms. The molecule has 0 heterocycles. The van der Waals surface area contributed by atoms with Crippen molar-refractivity contribution in [2.24, 2.45) is 5.92 Å². The average molecular weight is 176 g/mol. The fourth-order valence-corrected chi connectivity index (χ4v) is 1.29. The van der Waals surface area contributed by atoms with Crippen LogP contribution in [0.1, 0.15) is 24.2 Å². The van der Waals surface area contributed by atoms with Crippen molar-refractivity contribution in [3.8, 4) is 0 Å². The van der Waals surface area contributed by atoms with Gasteiger partial charge in [0.05, 0.1) is 6.10 Å². The van der Waals surface area contributed by atoms with Crippen molar-refractivity contribution in [3.63, 3.8) is 0 Å². The van der Waals surface area contributed by atoms with Crippen molar-refractivity contribution in [3.05, 3.63) is 48.0 Å². The lowest BCUT2D eigenvalue weighted by Gasteiger charge is -2.15. The second-order valence-electron chi connectivity index (χ2n) is 3.45. The normalized spacial score (nSPS) is 15.0. The first kappa shape index (κ1) is 10.0. The van der Waals surface area contributed by atoms with Gasteiger partial charge in [-0.05, 0) is 12.5 Å². The van der Waals surface area contributed by atoms with Crippen molar-refractivity contribution >= 4 is 0 Å². The maximum absolute atomic E-state index is 9.84. The topological polar surface area (TPSA) is 20.2 Å². The number of rotatable bonds is 3. The second-order valence-corrected chi connectivity index (χ2v) is 3.45. The molecule has 0 saturated carbocycles. The van der Waals surface area contributed by atoms with E-state index in [1.165, 1.54) is 5.56 Å². The van der Waals surface area contributed by atoms with E-state index >= 15 is 0 Å². The van der Waals surface area contributed by atoms with E-state index in [9.17, 15) is 5.11 Å². The molecule has 1 nitrogen and oxygen atoms in total. The summed E-state index contributed by atoms with van der Waals surface area (Å²) in [4.78, 5) is 0. The van der Waals surface area contributed by atoms with Gasteiger partial charge in [-0.1, -0.05) is 42.8 Å². The lowest BCUT2D eigenvalue weighted by atomic mass is 9.96. The second kappa shape index (κ2) is 4.24. The van der Waals surface area contributed by atoms with Gasteiger partial charge in [0.1, 0.15) is 0 Å². The number of aryl methyl sites for hydroxylation is 1. The van der Waals surface area contributed by atoms with Crippen LogP contribution < -0.4 is 0 Å². The van der Waals surface area contributed by atoms with E-state index in [-0.39, 0.29) is 5.92 Å². The monoisotopic (exact) mass is 176 g/mol. The molecule has 1 N–H and O–H groups in total. The van der Waals surface area contributed by atoms with Gasteiger partial charge in [-0.15, -0.1) is 6.58 Å². The summed E-state index contributed by atoms with van der Waals surface area (Å²) in [6.07, 6.45) is 1.34. The minimum absolute atomic E-state index is 0.0989. The Bertz CT molecular complexity index is 291. The van der Waals surface area contributed by atoms with Gasteiger partial charge in [0, 0.05) is 5.92 Å². The van der Waals surface area contributed by atoms with Crippen LogP contribution >= 0.6 is 0 Å². The van der Waals surface area contributed by atoms with Gasteiger partial charge >= 0.3 is 0 Å². The predicted molar refractivity (Wildman–Crippen MR) is 55.5 cm³/mol. The highest BCUT2D eigenvalue weighted by molar-refractivity contribution is 5.24. The van der Waals surface area contributed by atoms with Crippen LogP contribution in [0.2, 0.25) is 0 Å². The minimum Gasteiger partial charge on any atom is -0.388 e. The van der Waals surface area contributed by atoms with Crippen molar-refractivity contribution < 1.29 is 5.11 Å². The van der Waals surface area contributed by atoms with E-state index in [0.29, 0.717) is 0 Å². The van der Waals surface area contributed by atoms with E-state index in [2.05, 4.69) is 6.58 Å².